The number of benzene rings is 1. The van der Waals surface area contributed by atoms with E-state index >= 15 is 0 Å². The zero-order chi connectivity index (χ0) is 14.1. The highest BCUT2D eigenvalue weighted by molar-refractivity contribution is 5.76. The lowest BCUT2D eigenvalue weighted by molar-refractivity contribution is -0.122. The first kappa shape index (κ1) is 15.3. The first-order valence-electron chi connectivity index (χ1n) is 6.55. The minimum atomic E-state index is -0.466. The molecule has 0 spiro atoms. The zero-order valence-corrected chi connectivity index (χ0v) is 11.3. The highest BCUT2D eigenvalue weighted by Gasteiger charge is 2.06. The van der Waals surface area contributed by atoms with E-state index in [1.807, 2.05) is 6.92 Å². The monoisotopic (exact) mass is 266 g/mol. The molecule has 1 amide bonds. The quantitative estimate of drug-likeness (QED) is 0.619. The van der Waals surface area contributed by atoms with Crippen LogP contribution in [0.4, 0.5) is 5.69 Å². The summed E-state index contributed by atoms with van der Waals surface area (Å²) in [6.45, 7) is 2.60. The average Bonchev–Trinajstić information content (AvgIpc) is 2.39. The lowest BCUT2D eigenvalue weighted by Gasteiger charge is -2.11. The van der Waals surface area contributed by atoms with Crippen molar-refractivity contribution in [1.82, 2.24) is 5.32 Å². The normalized spacial score (nSPS) is 11.9. The number of amides is 1. The molecule has 0 aliphatic rings. The standard InChI is InChI=1S/C14H22N2O3/c1-2-3-12(17)10-16-14(18)8-9-19-13-6-4-11(15)5-7-13/h4-7,12,17H,2-3,8-10,15H2,1H3,(H,16,18). The van der Waals surface area contributed by atoms with Crippen molar-refractivity contribution in [2.24, 2.45) is 0 Å². The summed E-state index contributed by atoms with van der Waals surface area (Å²) in [5.74, 6) is 0.568. The molecule has 1 unspecified atom stereocenters. The van der Waals surface area contributed by atoms with Crippen molar-refractivity contribution in [1.29, 1.82) is 0 Å². The second kappa shape index (κ2) is 8.37. The van der Waals surface area contributed by atoms with Gasteiger partial charge in [-0.2, -0.15) is 0 Å². The van der Waals surface area contributed by atoms with E-state index in [0.29, 0.717) is 31.0 Å². The van der Waals surface area contributed by atoms with Gasteiger partial charge in [0.1, 0.15) is 5.75 Å². The zero-order valence-electron chi connectivity index (χ0n) is 11.3. The molecule has 0 bridgehead atoms. The van der Waals surface area contributed by atoms with Crippen LogP contribution < -0.4 is 15.8 Å². The maximum Gasteiger partial charge on any atom is 0.223 e. The summed E-state index contributed by atoms with van der Waals surface area (Å²) in [5, 5.41) is 12.1. The molecule has 5 heteroatoms. The van der Waals surface area contributed by atoms with E-state index in [4.69, 9.17) is 10.5 Å². The van der Waals surface area contributed by atoms with Crippen molar-refractivity contribution in [3.8, 4) is 5.75 Å². The van der Waals surface area contributed by atoms with Crippen molar-refractivity contribution in [3.05, 3.63) is 24.3 Å². The summed E-state index contributed by atoms with van der Waals surface area (Å²) in [6, 6.07) is 7.02. The highest BCUT2D eigenvalue weighted by Crippen LogP contribution is 2.12. The fourth-order valence-electron chi connectivity index (χ4n) is 1.58. The molecule has 0 saturated carbocycles. The van der Waals surface area contributed by atoms with Crippen LogP contribution in [0.15, 0.2) is 24.3 Å². The third-order valence-corrected chi connectivity index (χ3v) is 2.63. The van der Waals surface area contributed by atoms with Crippen LogP contribution in [-0.4, -0.2) is 30.3 Å². The van der Waals surface area contributed by atoms with Gasteiger partial charge in [-0.15, -0.1) is 0 Å². The topological polar surface area (TPSA) is 84.6 Å². The van der Waals surface area contributed by atoms with E-state index in [9.17, 15) is 9.90 Å². The van der Waals surface area contributed by atoms with Crippen molar-refractivity contribution >= 4 is 11.6 Å². The van der Waals surface area contributed by atoms with Crippen molar-refractivity contribution < 1.29 is 14.6 Å². The summed E-state index contributed by atoms with van der Waals surface area (Å²) in [7, 11) is 0. The fraction of sp³-hybridized carbons (Fsp3) is 0.500. The smallest absolute Gasteiger partial charge is 0.223 e. The minimum absolute atomic E-state index is 0.120. The van der Waals surface area contributed by atoms with Gasteiger partial charge in [-0.25, -0.2) is 0 Å². The molecule has 0 aliphatic heterocycles. The van der Waals surface area contributed by atoms with Gasteiger partial charge in [-0.1, -0.05) is 13.3 Å². The number of nitrogens with two attached hydrogens (primary N) is 1. The van der Waals surface area contributed by atoms with Gasteiger partial charge in [0, 0.05) is 12.2 Å². The first-order chi connectivity index (χ1) is 9.11. The number of rotatable bonds is 8. The molecular weight excluding hydrogens is 244 g/mol. The maximum absolute atomic E-state index is 11.5. The Morgan fingerprint density at radius 3 is 2.74 bits per heavy atom. The molecule has 0 radical (unpaired) electrons. The van der Waals surface area contributed by atoms with Crippen LogP contribution in [0.1, 0.15) is 26.2 Å². The first-order valence-corrected chi connectivity index (χ1v) is 6.55. The lowest BCUT2D eigenvalue weighted by Crippen LogP contribution is -2.32. The van der Waals surface area contributed by atoms with Crippen LogP contribution in [-0.2, 0) is 4.79 Å². The molecule has 0 aromatic heterocycles. The van der Waals surface area contributed by atoms with Gasteiger partial charge < -0.3 is 20.9 Å². The van der Waals surface area contributed by atoms with E-state index < -0.39 is 6.10 Å². The Labute approximate surface area is 113 Å². The van der Waals surface area contributed by atoms with Gasteiger partial charge in [-0.3, -0.25) is 4.79 Å². The SMILES string of the molecule is CCCC(O)CNC(=O)CCOc1ccc(N)cc1. The van der Waals surface area contributed by atoms with Gasteiger partial charge in [0.2, 0.25) is 5.91 Å². The van der Waals surface area contributed by atoms with Gasteiger partial charge in [-0.05, 0) is 30.7 Å². The second-order valence-electron chi connectivity index (χ2n) is 4.41. The Hall–Kier alpha value is -1.75. The molecular formula is C14H22N2O3. The third kappa shape index (κ3) is 6.67. The number of carbonyl (C=O) groups is 1. The summed E-state index contributed by atoms with van der Waals surface area (Å²) in [6.07, 6.45) is 1.40. The van der Waals surface area contributed by atoms with Crippen LogP contribution >= 0.6 is 0 Å². The molecule has 0 fully saturated rings. The maximum atomic E-state index is 11.5. The van der Waals surface area contributed by atoms with Gasteiger partial charge in [0.25, 0.3) is 0 Å². The Morgan fingerprint density at radius 1 is 1.42 bits per heavy atom. The van der Waals surface area contributed by atoms with E-state index in [1.165, 1.54) is 0 Å². The highest BCUT2D eigenvalue weighted by atomic mass is 16.5. The van der Waals surface area contributed by atoms with Crippen LogP contribution in [0.5, 0.6) is 5.75 Å². The summed E-state index contributed by atoms with van der Waals surface area (Å²) >= 11 is 0. The van der Waals surface area contributed by atoms with E-state index in [-0.39, 0.29) is 12.3 Å². The lowest BCUT2D eigenvalue weighted by atomic mass is 10.2. The molecule has 106 valence electrons. The number of aliphatic hydroxyl groups is 1. The largest absolute Gasteiger partial charge is 0.493 e. The van der Waals surface area contributed by atoms with Crippen molar-refractivity contribution in [2.45, 2.75) is 32.3 Å². The number of aliphatic hydroxyl groups excluding tert-OH is 1. The van der Waals surface area contributed by atoms with Gasteiger partial charge in [0.15, 0.2) is 0 Å². The van der Waals surface area contributed by atoms with Gasteiger partial charge in [0.05, 0.1) is 19.1 Å². The summed E-state index contributed by atoms with van der Waals surface area (Å²) in [4.78, 5) is 11.5. The molecule has 1 aromatic carbocycles. The molecule has 0 saturated heterocycles. The number of hydrogen-bond donors (Lipinski definition) is 3. The number of hydrogen-bond acceptors (Lipinski definition) is 4. The predicted octanol–water partition coefficient (Wildman–Crippen LogP) is 1.31. The van der Waals surface area contributed by atoms with E-state index in [2.05, 4.69) is 5.32 Å². The Morgan fingerprint density at radius 2 is 2.11 bits per heavy atom. The average molecular weight is 266 g/mol. The predicted molar refractivity (Wildman–Crippen MR) is 74.9 cm³/mol. The van der Waals surface area contributed by atoms with Gasteiger partial charge >= 0.3 is 0 Å². The molecule has 0 heterocycles. The number of carbonyl (C=O) groups excluding carboxylic acids is 1. The molecule has 1 rings (SSSR count). The molecule has 5 nitrogen and oxygen atoms in total. The van der Waals surface area contributed by atoms with Crippen LogP contribution in [0, 0.1) is 0 Å². The number of nitrogen functional groups attached to an aromatic ring is 1. The van der Waals surface area contributed by atoms with Crippen LogP contribution in [0.3, 0.4) is 0 Å². The Bertz CT molecular complexity index is 379. The summed E-state index contributed by atoms with van der Waals surface area (Å²) in [5.41, 5.74) is 6.23. The minimum Gasteiger partial charge on any atom is -0.493 e. The second-order valence-corrected chi connectivity index (χ2v) is 4.41. The van der Waals surface area contributed by atoms with E-state index in [1.54, 1.807) is 24.3 Å². The fourth-order valence-corrected chi connectivity index (χ4v) is 1.58. The number of anilines is 1. The summed E-state index contributed by atoms with van der Waals surface area (Å²) < 4.78 is 5.41. The Balaban J connectivity index is 2.15. The van der Waals surface area contributed by atoms with Crippen LogP contribution in [0.2, 0.25) is 0 Å². The number of nitrogens with one attached hydrogen (secondary N) is 1. The van der Waals surface area contributed by atoms with Crippen molar-refractivity contribution in [3.63, 3.8) is 0 Å². The van der Waals surface area contributed by atoms with Crippen LogP contribution in [0.25, 0.3) is 0 Å². The molecule has 1 atom stereocenters. The third-order valence-electron chi connectivity index (χ3n) is 2.63. The van der Waals surface area contributed by atoms with Crippen molar-refractivity contribution in [2.75, 3.05) is 18.9 Å². The molecule has 4 N–H and O–H groups in total. The van der Waals surface area contributed by atoms with E-state index in [0.717, 1.165) is 6.42 Å². The molecule has 19 heavy (non-hydrogen) atoms. The Kier molecular flexibility index (Phi) is 6.74. The molecule has 1 aromatic rings. The number of ether oxygens (including phenoxy) is 1. The molecule has 0 aliphatic carbocycles.